The first-order valence-corrected chi connectivity index (χ1v) is 6.21. The highest BCUT2D eigenvalue weighted by Gasteiger charge is 2.02. The summed E-state index contributed by atoms with van der Waals surface area (Å²) in [6, 6.07) is 0. The Morgan fingerprint density at radius 3 is 2.18 bits per heavy atom. The molecule has 0 rings (SSSR count). The molecule has 0 amide bonds. The Morgan fingerprint density at radius 2 is 1.65 bits per heavy atom. The van der Waals surface area contributed by atoms with Crippen molar-refractivity contribution in [2.24, 2.45) is 0 Å². The maximum absolute atomic E-state index is 13.7. The molecule has 0 aliphatic rings. The molecular formula is C15H25FO. The first-order valence-electron chi connectivity index (χ1n) is 6.21. The highest BCUT2D eigenvalue weighted by molar-refractivity contribution is 5.09. The van der Waals surface area contributed by atoms with E-state index in [0.29, 0.717) is 12.8 Å². The van der Waals surface area contributed by atoms with E-state index in [4.69, 9.17) is 5.11 Å². The summed E-state index contributed by atoms with van der Waals surface area (Å²) in [6.07, 6.45) is 6.70. The van der Waals surface area contributed by atoms with Crippen molar-refractivity contribution in [3.05, 3.63) is 34.7 Å². The molecule has 0 aliphatic carbocycles. The van der Waals surface area contributed by atoms with Gasteiger partial charge >= 0.3 is 0 Å². The minimum Gasteiger partial charge on any atom is -0.392 e. The van der Waals surface area contributed by atoms with Crippen LogP contribution in [-0.2, 0) is 0 Å². The van der Waals surface area contributed by atoms with E-state index in [-0.39, 0.29) is 12.4 Å². The second-order valence-corrected chi connectivity index (χ2v) is 4.74. The summed E-state index contributed by atoms with van der Waals surface area (Å²) >= 11 is 0. The largest absolute Gasteiger partial charge is 0.392 e. The highest BCUT2D eigenvalue weighted by atomic mass is 19.1. The zero-order valence-electron chi connectivity index (χ0n) is 11.5. The fourth-order valence-corrected chi connectivity index (χ4v) is 1.49. The maximum Gasteiger partial charge on any atom is 0.0992 e. The second-order valence-electron chi connectivity index (χ2n) is 4.74. The van der Waals surface area contributed by atoms with E-state index in [2.05, 4.69) is 19.9 Å². The van der Waals surface area contributed by atoms with Gasteiger partial charge in [0.05, 0.1) is 12.4 Å². The first kappa shape index (κ1) is 16.1. The Kier molecular flexibility index (Phi) is 8.69. The van der Waals surface area contributed by atoms with E-state index >= 15 is 0 Å². The van der Waals surface area contributed by atoms with Crippen molar-refractivity contribution in [3.8, 4) is 0 Å². The van der Waals surface area contributed by atoms with Crippen molar-refractivity contribution in [1.29, 1.82) is 0 Å². The Balaban J connectivity index is 4.12. The molecule has 0 heterocycles. The van der Waals surface area contributed by atoms with Crippen molar-refractivity contribution in [1.82, 2.24) is 0 Å². The van der Waals surface area contributed by atoms with Crippen LogP contribution in [0.15, 0.2) is 34.7 Å². The summed E-state index contributed by atoms with van der Waals surface area (Å²) in [4.78, 5) is 0. The lowest BCUT2D eigenvalue weighted by Gasteiger charge is -2.04. The van der Waals surface area contributed by atoms with Gasteiger partial charge in [0.15, 0.2) is 0 Å². The van der Waals surface area contributed by atoms with Gasteiger partial charge in [0, 0.05) is 6.42 Å². The van der Waals surface area contributed by atoms with E-state index in [0.717, 1.165) is 24.0 Å². The van der Waals surface area contributed by atoms with Gasteiger partial charge in [0.2, 0.25) is 0 Å². The van der Waals surface area contributed by atoms with Crippen molar-refractivity contribution in [2.45, 2.75) is 53.4 Å². The van der Waals surface area contributed by atoms with Crippen LogP contribution in [0.25, 0.3) is 0 Å². The number of aliphatic hydroxyl groups is 1. The molecule has 0 fully saturated rings. The van der Waals surface area contributed by atoms with Gasteiger partial charge in [-0.3, -0.25) is 0 Å². The summed E-state index contributed by atoms with van der Waals surface area (Å²) in [6.45, 7) is 7.93. The summed E-state index contributed by atoms with van der Waals surface area (Å²) < 4.78 is 13.7. The molecule has 0 saturated heterocycles. The summed E-state index contributed by atoms with van der Waals surface area (Å²) in [7, 11) is 0. The molecule has 1 N–H and O–H groups in total. The number of hydrogen-bond donors (Lipinski definition) is 1. The summed E-state index contributed by atoms with van der Waals surface area (Å²) in [5.41, 5.74) is 3.17. The second kappa shape index (κ2) is 9.17. The molecule has 0 aromatic rings. The van der Waals surface area contributed by atoms with Gasteiger partial charge in [0.25, 0.3) is 0 Å². The topological polar surface area (TPSA) is 20.2 Å². The van der Waals surface area contributed by atoms with Crippen LogP contribution in [0.5, 0.6) is 0 Å². The smallest absolute Gasteiger partial charge is 0.0992 e. The van der Waals surface area contributed by atoms with Gasteiger partial charge in [-0.15, -0.1) is 0 Å². The molecule has 0 spiro atoms. The van der Waals surface area contributed by atoms with Gasteiger partial charge in [-0.1, -0.05) is 23.3 Å². The zero-order chi connectivity index (χ0) is 13.3. The number of rotatable bonds is 7. The van der Waals surface area contributed by atoms with Crippen molar-refractivity contribution < 1.29 is 9.50 Å². The van der Waals surface area contributed by atoms with E-state index in [1.54, 1.807) is 6.08 Å². The zero-order valence-corrected chi connectivity index (χ0v) is 11.5. The predicted molar refractivity (Wildman–Crippen MR) is 72.5 cm³/mol. The van der Waals surface area contributed by atoms with E-state index in [9.17, 15) is 4.39 Å². The van der Waals surface area contributed by atoms with E-state index < -0.39 is 0 Å². The van der Waals surface area contributed by atoms with Crippen LogP contribution in [0, 0.1) is 0 Å². The summed E-state index contributed by atoms with van der Waals surface area (Å²) in [5.74, 6) is -0.00199. The molecule has 0 aliphatic heterocycles. The molecule has 2 heteroatoms. The Morgan fingerprint density at radius 1 is 1.00 bits per heavy atom. The number of aliphatic hydroxyl groups excluding tert-OH is 1. The number of hydrogen-bond acceptors (Lipinski definition) is 1. The minimum absolute atomic E-state index is 0.00199. The van der Waals surface area contributed by atoms with Gasteiger partial charge in [0.1, 0.15) is 0 Å². The molecule has 0 bridgehead atoms. The SMILES string of the molecule is CC(C)=CCCC(C)=C(F)CC/C(C)=C\CO. The molecule has 17 heavy (non-hydrogen) atoms. The third-order valence-electron chi connectivity index (χ3n) is 2.71. The lowest BCUT2D eigenvalue weighted by atomic mass is 10.1. The van der Waals surface area contributed by atoms with Gasteiger partial charge in [-0.05, 0) is 52.5 Å². The predicted octanol–water partition coefficient (Wildman–Crippen LogP) is 4.70. The van der Waals surface area contributed by atoms with Crippen LogP contribution < -0.4 is 0 Å². The average Bonchev–Trinajstić information content (AvgIpc) is 2.25. The maximum atomic E-state index is 13.7. The van der Waals surface area contributed by atoms with Gasteiger partial charge in [-0.2, -0.15) is 0 Å². The highest BCUT2D eigenvalue weighted by Crippen LogP contribution is 2.19. The fraction of sp³-hybridized carbons (Fsp3) is 0.600. The molecule has 0 saturated carbocycles. The van der Waals surface area contributed by atoms with Crippen molar-refractivity contribution in [3.63, 3.8) is 0 Å². The molecule has 0 aromatic heterocycles. The Labute approximate surface area is 105 Å². The molecule has 0 aromatic carbocycles. The van der Waals surface area contributed by atoms with Crippen LogP contribution in [0.1, 0.15) is 53.4 Å². The third kappa shape index (κ3) is 8.87. The lowest BCUT2D eigenvalue weighted by molar-refractivity contribution is 0.341. The molecule has 1 nitrogen and oxygen atoms in total. The van der Waals surface area contributed by atoms with E-state index in [1.165, 1.54) is 5.57 Å². The van der Waals surface area contributed by atoms with Crippen molar-refractivity contribution >= 4 is 0 Å². The van der Waals surface area contributed by atoms with Gasteiger partial charge < -0.3 is 5.11 Å². The Bertz CT molecular complexity index is 307. The third-order valence-corrected chi connectivity index (χ3v) is 2.71. The molecular weight excluding hydrogens is 215 g/mol. The van der Waals surface area contributed by atoms with Crippen LogP contribution in [-0.4, -0.2) is 11.7 Å². The standard InChI is InChI=1S/C15H25FO/c1-12(2)6-5-7-14(4)15(16)9-8-13(3)10-11-17/h6,10,17H,5,7-9,11H2,1-4H3/b13-10-,15-14?. The first-order chi connectivity index (χ1) is 7.97. The van der Waals surface area contributed by atoms with E-state index in [1.807, 2.05) is 13.8 Å². The van der Waals surface area contributed by atoms with Crippen LogP contribution in [0.4, 0.5) is 4.39 Å². The van der Waals surface area contributed by atoms with Crippen LogP contribution >= 0.6 is 0 Å². The van der Waals surface area contributed by atoms with Crippen LogP contribution in [0.3, 0.4) is 0 Å². The number of halogens is 1. The fourth-order valence-electron chi connectivity index (χ4n) is 1.49. The molecule has 98 valence electrons. The lowest BCUT2D eigenvalue weighted by Crippen LogP contribution is -1.87. The average molecular weight is 240 g/mol. The Hall–Kier alpha value is -0.890. The molecule has 0 radical (unpaired) electrons. The number of allylic oxidation sites excluding steroid dienone is 5. The quantitative estimate of drug-likeness (QED) is 0.640. The normalized spacial score (nSPS) is 13.4. The molecule has 0 atom stereocenters. The summed E-state index contributed by atoms with van der Waals surface area (Å²) in [5, 5.41) is 8.69. The van der Waals surface area contributed by atoms with Crippen molar-refractivity contribution in [2.75, 3.05) is 6.61 Å². The van der Waals surface area contributed by atoms with Gasteiger partial charge in [-0.25, -0.2) is 4.39 Å². The van der Waals surface area contributed by atoms with Crippen LogP contribution in [0.2, 0.25) is 0 Å². The minimum atomic E-state index is -0.00199. The monoisotopic (exact) mass is 240 g/mol. The molecule has 0 unspecified atom stereocenters.